The minimum absolute atomic E-state index is 0.0674. The maximum atomic E-state index is 12.5. The summed E-state index contributed by atoms with van der Waals surface area (Å²) in [5.74, 6) is 2.92. The number of aliphatic carboxylic acids is 6. The zero-order chi connectivity index (χ0) is 51.6. The molecule has 0 saturated heterocycles. The number of aromatic nitrogens is 4. The molecule has 0 bridgehead atoms. The van der Waals surface area contributed by atoms with Crippen molar-refractivity contribution in [1.29, 1.82) is 0 Å². The van der Waals surface area contributed by atoms with Crippen LogP contribution in [0, 0.1) is 23.7 Å². The van der Waals surface area contributed by atoms with E-state index < -0.39 is 35.8 Å². The Bertz CT molecular complexity index is 2280. The summed E-state index contributed by atoms with van der Waals surface area (Å²) < 4.78 is 14.4. The van der Waals surface area contributed by atoms with Gasteiger partial charge in [0, 0.05) is 12.1 Å². The second kappa shape index (κ2) is 34.5. The molecule has 2 aromatic heterocycles. The number of carboxylic acids is 6. The monoisotopic (exact) mass is 952 g/mol. The number of fused-ring (bicyclic) bond motifs is 2. The standard InChI is InChI=1S/2C20H27N3O2.3C2H2O4/c2*1-4-7-14-25-17-10-11-18-19(15-17)21-16-23(20(18)24)13-9-8-12-22(5-2)6-3;3*3-1(4)2(5)6/h2*10-11,15-16H,4-7,12-14H2,1-3H3;3*(H,3,4)(H,5,6). The Morgan fingerprint density at radius 3 is 1.09 bits per heavy atom. The summed E-state index contributed by atoms with van der Waals surface area (Å²) in [4.78, 5) is 92.9. The van der Waals surface area contributed by atoms with Crippen molar-refractivity contribution < 1.29 is 68.9 Å². The quantitative estimate of drug-likeness (QED) is 0.0533. The van der Waals surface area contributed by atoms with Gasteiger partial charge in [-0.05, 0) is 63.3 Å². The van der Waals surface area contributed by atoms with Gasteiger partial charge in [-0.1, -0.05) is 78.1 Å². The summed E-state index contributed by atoms with van der Waals surface area (Å²) in [7, 11) is 0. The molecule has 2 heterocycles. The number of hydrogen-bond acceptors (Lipinski definition) is 14. The van der Waals surface area contributed by atoms with Crippen LogP contribution in [0.1, 0.15) is 67.2 Å². The van der Waals surface area contributed by atoms with Crippen molar-refractivity contribution in [3.63, 3.8) is 0 Å². The lowest BCUT2D eigenvalue weighted by Gasteiger charge is -2.13. The molecule has 0 atom stereocenters. The zero-order valence-electron chi connectivity index (χ0n) is 39.0. The Morgan fingerprint density at radius 1 is 0.515 bits per heavy atom. The molecule has 0 radical (unpaired) electrons. The molecule has 2 aromatic carbocycles. The van der Waals surface area contributed by atoms with Gasteiger partial charge < -0.3 is 40.1 Å². The number of unbranched alkanes of at least 4 members (excludes halogenated alkanes) is 2. The fourth-order valence-electron chi connectivity index (χ4n) is 4.86. The summed E-state index contributed by atoms with van der Waals surface area (Å²) in [5.41, 5.74) is 1.18. The number of rotatable bonds is 16. The second-order valence-electron chi connectivity index (χ2n) is 13.6. The van der Waals surface area contributed by atoms with Gasteiger partial charge in [0.15, 0.2) is 0 Å². The normalized spacial score (nSPS) is 9.82. The molecule has 0 aliphatic rings. The van der Waals surface area contributed by atoms with Crippen LogP contribution in [0.5, 0.6) is 11.5 Å². The Labute approximate surface area is 392 Å². The Kier molecular flexibility index (Phi) is 30.5. The van der Waals surface area contributed by atoms with E-state index in [0.717, 1.165) is 76.5 Å². The van der Waals surface area contributed by atoms with Crippen LogP contribution in [-0.2, 0) is 41.9 Å². The summed E-state index contributed by atoms with van der Waals surface area (Å²) in [6.45, 7) is 20.1. The first-order valence-electron chi connectivity index (χ1n) is 21.3. The lowest BCUT2D eigenvalue weighted by Crippen LogP contribution is -2.23. The van der Waals surface area contributed by atoms with E-state index in [9.17, 15) is 9.59 Å². The SMILES string of the molecule is CCCCOc1ccc2c(=O)n(CC#CCN(CC)CC)cnc2c1.CCCCOc1ccc2c(=O)n(CC#CCN(CC)CC)cnc2c1.O=C(O)C(=O)O.O=C(O)C(=O)O.O=C(O)C(=O)O. The first kappa shape index (κ1) is 60.2. The second-order valence-corrected chi connectivity index (χ2v) is 13.6. The number of hydrogen-bond donors (Lipinski definition) is 6. The van der Waals surface area contributed by atoms with E-state index in [1.54, 1.807) is 33.9 Å². The molecule has 6 N–H and O–H groups in total. The first-order valence-corrected chi connectivity index (χ1v) is 21.3. The molecule has 22 nitrogen and oxygen atoms in total. The maximum Gasteiger partial charge on any atom is 0.414 e. The van der Waals surface area contributed by atoms with Gasteiger partial charge >= 0.3 is 35.8 Å². The molecule has 4 rings (SSSR count). The smallest absolute Gasteiger partial charge is 0.414 e. The molecule has 0 spiro atoms. The fraction of sp³-hybridized carbons (Fsp3) is 0.435. The number of benzene rings is 2. The average molecular weight is 953 g/mol. The molecule has 22 heteroatoms. The van der Waals surface area contributed by atoms with Crippen molar-refractivity contribution in [3.05, 3.63) is 69.8 Å². The van der Waals surface area contributed by atoms with Crippen molar-refractivity contribution in [2.75, 3.05) is 52.5 Å². The Balaban J connectivity index is 0.000000972. The van der Waals surface area contributed by atoms with Crippen LogP contribution in [0.15, 0.2) is 58.6 Å². The van der Waals surface area contributed by atoms with E-state index in [1.807, 2.05) is 24.3 Å². The minimum Gasteiger partial charge on any atom is -0.494 e. The van der Waals surface area contributed by atoms with E-state index in [-0.39, 0.29) is 11.1 Å². The molecular weight excluding hydrogens is 893 g/mol. The molecule has 370 valence electrons. The van der Waals surface area contributed by atoms with Gasteiger partial charge in [0.1, 0.15) is 11.5 Å². The van der Waals surface area contributed by atoms with Crippen LogP contribution in [0.3, 0.4) is 0 Å². The van der Waals surface area contributed by atoms with Gasteiger partial charge in [-0.15, -0.1) is 0 Å². The maximum absolute atomic E-state index is 12.5. The molecule has 4 aromatic rings. The summed E-state index contributed by atoms with van der Waals surface area (Å²) in [6.07, 6.45) is 7.33. The van der Waals surface area contributed by atoms with Crippen LogP contribution < -0.4 is 20.6 Å². The summed E-state index contributed by atoms with van der Waals surface area (Å²) >= 11 is 0. The predicted octanol–water partition coefficient (Wildman–Crippen LogP) is 3.31. The van der Waals surface area contributed by atoms with Crippen LogP contribution in [0.4, 0.5) is 0 Å². The molecule has 0 fully saturated rings. The molecule has 0 aliphatic heterocycles. The van der Waals surface area contributed by atoms with Crippen LogP contribution in [0.25, 0.3) is 21.8 Å². The van der Waals surface area contributed by atoms with Gasteiger partial charge in [-0.3, -0.25) is 28.5 Å². The molecule has 0 unspecified atom stereocenters. The van der Waals surface area contributed by atoms with Gasteiger partial charge in [-0.25, -0.2) is 38.7 Å². The van der Waals surface area contributed by atoms with Crippen molar-refractivity contribution >= 4 is 57.6 Å². The highest BCUT2D eigenvalue weighted by molar-refractivity contribution is 6.28. The average Bonchev–Trinajstić information content (AvgIpc) is 3.31. The van der Waals surface area contributed by atoms with Gasteiger partial charge in [-0.2, -0.15) is 0 Å². The number of carbonyl (C=O) groups is 6. The molecular formula is C46H60N6O16. The fourth-order valence-corrected chi connectivity index (χ4v) is 4.86. The molecule has 0 aliphatic carbocycles. The predicted molar refractivity (Wildman–Crippen MR) is 250 cm³/mol. The Hall–Kier alpha value is -7.82. The topological polar surface area (TPSA) is 319 Å². The van der Waals surface area contributed by atoms with E-state index in [1.165, 1.54) is 0 Å². The van der Waals surface area contributed by atoms with Crippen molar-refractivity contribution in [1.82, 2.24) is 28.9 Å². The molecule has 0 amide bonds. The molecule has 0 saturated carbocycles. The molecule has 68 heavy (non-hydrogen) atoms. The number of carboxylic acid groups (broad SMARTS) is 6. The third-order valence-electron chi connectivity index (χ3n) is 8.82. The number of ether oxygens (including phenoxy) is 2. The van der Waals surface area contributed by atoms with Crippen molar-refractivity contribution in [3.8, 4) is 35.2 Å². The van der Waals surface area contributed by atoms with Gasteiger partial charge in [0.25, 0.3) is 11.1 Å². The summed E-state index contributed by atoms with van der Waals surface area (Å²) in [5, 5.41) is 45.5. The van der Waals surface area contributed by atoms with Crippen LogP contribution in [0.2, 0.25) is 0 Å². The van der Waals surface area contributed by atoms with E-state index in [4.69, 9.17) is 68.9 Å². The highest BCUT2D eigenvalue weighted by atomic mass is 16.5. The third kappa shape index (κ3) is 24.5. The highest BCUT2D eigenvalue weighted by Gasteiger charge is 2.08. The van der Waals surface area contributed by atoms with Gasteiger partial charge in [0.2, 0.25) is 0 Å². The van der Waals surface area contributed by atoms with E-state index in [0.29, 0.717) is 48.1 Å². The number of nitrogens with zero attached hydrogens (tertiary/aromatic N) is 6. The van der Waals surface area contributed by atoms with Gasteiger partial charge in [0.05, 0.1) is 73.9 Å². The Morgan fingerprint density at radius 2 is 0.824 bits per heavy atom. The lowest BCUT2D eigenvalue weighted by atomic mass is 10.2. The lowest BCUT2D eigenvalue weighted by molar-refractivity contribution is -0.159. The van der Waals surface area contributed by atoms with E-state index >= 15 is 0 Å². The third-order valence-corrected chi connectivity index (χ3v) is 8.82. The van der Waals surface area contributed by atoms with E-state index in [2.05, 4.69) is 85.0 Å². The highest BCUT2D eigenvalue weighted by Crippen LogP contribution is 2.18. The first-order chi connectivity index (χ1) is 32.3. The van der Waals surface area contributed by atoms with Crippen molar-refractivity contribution in [2.45, 2.75) is 80.3 Å². The van der Waals surface area contributed by atoms with Crippen LogP contribution in [-0.4, -0.2) is 148 Å². The minimum atomic E-state index is -1.82. The van der Waals surface area contributed by atoms with Crippen LogP contribution >= 0.6 is 0 Å². The zero-order valence-corrected chi connectivity index (χ0v) is 39.0. The van der Waals surface area contributed by atoms with Crippen molar-refractivity contribution in [2.24, 2.45) is 0 Å². The largest absolute Gasteiger partial charge is 0.494 e. The summed E-state index contributed by atoms with van der Waals surface area (Å²) in [6, 6.07) is 10.9.